The molecule has 3 rings (SSSR count). The van der Waals surface area contributed by atoms with Gasteiger partial charge in [-0.15, -0.1) is 11.3 Å². The van der Waals surface area contributed by atoms with Crippen molar-refractivity contribution in [3.8, 4) is 10.6 Å². The normalized spacial score (nSPS) is 14.9. The van der Waals surface area contributed by atoms with Crippen LogP contribution in [0.5, 0.6) is 0 Å². The van der Waals surface area contributed by atoms with Crippen LogP contribution in [0.1, 0.15) is 17.7 Å². The van der Waals surface area contributed by atoms with E-state index in [0.717, 1.165) is 4.88 Å². The Morgan fingerprint density at radius 2 is 1.89 bits per heavy atom. The molecule has 1 aromatic carbocycles. The number of aromatic nitrogens is 1. The summed E-state index contributed by atoms with van der Waals surface area (Å²) in [6, 6.07) is 1.90. The Hall–Kier alpha value is -1.40. The lowest BCUT2D eigenvalue weighted by atomic mass is 10.2. The predicted octanol–water partition coefficient (Wildman–Crippen LogP) is 3.48. The van der Waals surface area contributed by atoms with Gasteiger partial charge in [-0.25, -0.2) is 18.2 Å². The van der Waals surface area contributed by atoms with Gasteiger partial charge >= 0.3 is 0 Å². The van der Waals surface area contributed by atoms with E-state index in [0.29, 0.717) is 24.7 Å². The molecule has 19 heavy (non-hydrogen) atoms. The van der Waals surface area contributed by atoms with Crippen molar-refractivity contribution in [2.24, 2.45) is 0 Å². The van der Waals surface area contributed by atoms with Crippen LogP contribution in [0.15, 0.2) is 18.3 Å². The molecule has 2 nitrogen and oxygen atoms in total. The highest BCUT2D eigenvalue weighted by Crippen LogP contribution is 2.31. The molecule has 1 aliphatic rings. The lowest BCUT2D eigenvalue weighted by Crippen LogP contribution is -2.14. The third kappa shape index (κ3) is 2.79. The average Bonchev–Trinajstić information content (AvgIpc) is 3.05. The molecule has 100 valence electrons. The zero-order valence-electron chi connectivity index (χ0n) is 9.92. The van der Waals surface area contributed by atoms with E-state index in [4.69, 9.17) is 0 Å². The van der Waals surface area contributed by atoms with Crippen LogP contribution in [0, 0.1) is 17.5 Å². The Balaban J connectivity index is 1.85. The third-order valence-corrected chi connectivity index (χ3v) is 3.93. The van der Waals surface area contributed by atoms with Crippen molar-refractivity contribution in [1.82, 2.24) is 10.3 Å². The molecule has 1 aromatic heterocycles. The van der Waals surface area contributed by atoms with E-state index in [2.05, 4.69) is 10.3 Å². The highest BCUT2D eigenvalue weighted by molar-refractivity contribution is 7.15. The molecule has 0 saturated heterocycles. The van der Waals surface area contributed by atoms with Crippen LogP contribution in [-0.4, -0.2) is 11.0 Å². The zero-order chi connectivity index (χ0) is 13.4. The number of nitrogens with zero attached hydrogens (tertiary/aromatic N) is 1. The molecule has 0 atom stereocenters. The van der Waals surface area contributed by atoms with E-state index in [9.17, 15) is 13.2 Å². The maximum atomic E-state index is 13.6. The first-order chi connectivity index (χ1) is 9.13. The van der Waals surface area contributed by atoms with Gasteiger partial charge in [0.25, 0.3) is 0 Å². The molecule has 1 aliphatic carbocycles. The smallest absolute Gasteiger partial charge is 0.139 e. The number of nitrogens with one attached hydrogen (secondary N) is 1. The van der Waals surface area contributed by atoms with Crippen LogP contribution < -0.4 is 5.32 Å². The van der Waals surface area contributed by atoms with Gasteiger partial charge in [-0.3, -0.25) is 0 Å². The van der Waals surface area contributed by atoms with Crippen molar-refractivity contribution in [3.05, 3.63) is 40.7 Å². The fourth-order valence-electron chi connectivity index (χ4n) is 1.78. The number of thiazole rings is 1. The molecule has 2 aromatic rings. The molecule has 1 heterocycles. The predicted molar refractivity (Wildman–Crippen MR) is 67.3 cm³/mol. The fraction of sp³-hybridized carbons (Fsp3) is 0.308. The summed E-state index contributed by atoms with van der Waals surface area (Å²) in [5.41, 5.74) is -0.260. The van der Waals surface area contributed by atoms with Gasteiger partial charge in [-0.1, -0.05) is 0 Å². The van der Waals surface area contributed by atoms with Crippen molar-refractivity contribution >= 4 is 11.3 Å². The summed E-state index contributed by atoms with van der Waals surface area (Å²) in [5, 5.41) is 3.54. The van der Waals surface area contributed by atoms with E-state index < -0.39 is 17.5 Å². The van der Waals surface area contributed by atoms with Crippen LogP contribution in [-0.2, 0) is 6.54 Å². The standard InChI is InChI=1S/C13H11F3N2S/c14-7-3-10(15)12(11(16)4-7)13-18-6-9(19-13)5-17-8-1-2-8/h3-4,6,8,17H,1-2,5H2. The summed E-state index contributed by atoms with van der Waals surface area (Å²) in [5.74, 6) is -2.77. The van der Waals surface area contributed by atoms with Gasteiger partial charge < -0.3 is 5.32 Å². The van der Waals surface area contributed by atoms with Gasteiger partial charge in [-0.05, 0) is 12.8 Å². The van der Waals surface area contributed by atoms with Gasteiger partial charge in [0, 0.05) is 35.8 Å². The molecule has 0 spiro atoms. The Morgan fingerprint density at radius 1 is 1.21 bits per heavy atom. The van der Waals surface area contributed by atoms with Crippen molar-refractivity contribution in [2.45, 2.75) is 25.4 Å². The molecule has 1 saturated carbocycles. The minimum absolute atomic E-state index is 0.239. The second kappa shape index (κ2) is 4.94. The monoisotopic (exact) mass is 284 g/mol. The van der Waals surface area contributed by atoms with Crippen LogP contribution in [0.2, 0.25) is 0 Å². The zero-order valence-corrected chi connectivity index (χ0v) is 10.7. The first kappa shape index (κ1) is 12.6. The van der Waals surface area contributed by atoms with Crippen LogP contribution in [0.4, 0.5) is 13.2 Å². The summed E-state index contributed by atoms with van der Waals surface area (Å²) in [6.45, 7) is 0.646. The Morgan fingerprint density at radius 3 is 2.53 bits per heavy atom. The number of hydrogen-bond acceptors (Lipinski definition) is 3. The van der Waals surface area contributed by atoms with Crippen molar-refractivity contribution < 1.29 is 13.2 Å². The van der Waals surface area contributed by atoms with E-state index in [1.807, 2.05) is 0 Å². The molecule has 6 heteroatoms. The minimum Gasteiger partial charge on any atom is -0.309 e. The third-order valence-electron chi connectivity index (χ3n) is 2.92. The molecular weight excluding hydrogens is 273 g/mol. The summed E-state index contributed by atoms with van der Waals surface area (Å²) in [6.07, 6.45) is 3.94. The number of halogens is 3. The molecule has 0 amide bonds. The van der Waals surface area contributed by atoms with Crippen LogP contribution in [0.3, 0.4) is 0 Å². The average molecular weight is 284 g/mol. The number of benzene rings is 1. The quantitative estimate of drug-likeness (QED) is 0.929. The maximum Gasteiger partial charge on any atom is 0.139 e. The summed E-state index contributed by atoms with van der Waals surface area (Å²) in [4.78, 5) is 4.92. The van der Waals surface area contributed by atoms with E-state index >= 15 is 0 Å². The molecule has 1 fully saturated rings. The van der Waals surface area contributed by atoms with Crippen molar-refractivity contribution in [3.63, 3.8) is 0 Å². The van der Waals surface area contributed by atoms with Crippen molar-refractivity contribution in [2.75, 3.05) is 0 Å². The largest absolute Gasteiger partial charge is 0.309 e. The highest BCUT2D eigenvalue weighted by atomic mass is 32.1. The Bertz CT molecular complexity index is 585. The van der Waals surface area contributed by atoms with Crippen molar-refractivity contribution in [1.29, 1.82) is 0 Å². The molecule has 0 radical (unpaired) electrons. The topological polar surface area (TPSA) is 24.9 Å². The van der Waals surface area contributed by atoms with E-state index in [-0.39, 0.29) is 10.6 Å². The fourth-order valence-corrected chi connectivity index (χ4v) is 2.70. The lowest BCUT2D eigenvalue weighted by molar-refractivity contribution is 0.548. The number of hydrogen-bond donors (Lipinski definition) is 1. The summed E-state index contributed by atoms with van der Waals surface area (Å²) >= 11 is 1.21. The highest BCUT2D eigenvalue weighted by Gasteiger charge is 2.21. The second-order valence-corrected chi connectivity index (χ2v) is 5.65. The summed E-state index contributed by atoms with van der Waals surface area (Å²) in [7, 11) is 0. The minimum atomic E-state index is -0.925. The van der Waals surface area contributed by atoms with Crippen LogP contribution >= 0.6 is 11.3 Å². The Kier molecular flexibility index (Phi) is 3.28. The second-order valence-electron chi connectivity index (χ2n) is 4.53. The van der Waals surface area contributed by atoms with Gasteiger partial charge in [0.05, 0.1) is 5.56 Å². The first-order valence-electron chi connectivity index (χ1n) is 5.96. The first-order valence-corrected chi connectivity index (χ1v) is 6.78. The molecule has 0 unspecified atom stereocenters. The van der Waals surface area contributed by atoms with E-state index in [1.165, 1.54) is 24.2 Å². The number of rotatable bonds is 4. The SMILES string of the molecule is Fc1cc(F)c(-c2ncc(CNC3CC3)s2)c(F)c1. The molecular formula is C13H11F3N2S. The van der Waals surface area contributed by atoms with Gasteiger partial charge in [-0.2, -0.15) is 0 Å². The van der Waals surface area contributed by atoms with E-state index in [1.54, 1.807) is 6.20 Å². The van der Waals surface area contributed by atoms with Gasteiger partial charge in [0.1, 0.15) is 22.5 Å². The molecule has 0 bridgehead atoms. The molecule has 1 N–H and O–H groups in total. The van der Waals surface area contributed by atoms with Gasteiger partial charge in [0.15, 0.2) is 0 Å². The Labute approximate surface area is 112 Å². The summed E-state index contributed by atoms with van der Waals surface area (Å²) < 4.78 is 40.0. The molecule has 0 aliphatic heterocycles. The van der Waals surface area contributed by atoms with Crippen LogP contribution in [0.25, 0.3) is 10.6 Å². The lowest BCUT2D eigenvalue weighted by Gasteiger charge is -2.01. The maximum absolute atomic E-state index is 13.6. The van der Waals surface area contributed by atoms with Gasteiger partial charge in [0.2, 0.25) is 0 Å².